The summed E-state index contributed by atoms with van der Waals surface area (Å²) in [5.74, 6) is 2.42. The topological polar surface area (TPSA) is 78.7 Å². The normalized spacial score (nSPS) is 15.4. The predicted molar refractivity (Wildman–Crippen MR) is 134 cm³/mol. The maximum absolute atomic E-state index is 11.9. The maximum Gasteiger partial charge on any atom is 0.219 e. The Kier molecular flexibility index (Phi) is 6.21. The van der Waals surface area contributed by atoms with Gasteiger partial charge in [-0.2, -0.15) is 5.10 Å². The number of methoxy groups -OCH3 is 2. The van der Waals surface area contributed by atoms with Crippen LogP contribution >= 0.6 is 11.6 Å². The number of halogens is 1. The average Bonchev–Trinajstić information content (AvgIpc) is 3.51. The number of hydrogen-bond acceptors (Lipinski definition) is 6. The molecule has 2 aromatic heterocycles. The van der Waals surface area contributed by atoms with E-state index in [0.717, 1.165) is 28.6 Å². The van der Waals surface area contributed by atoms with Gasteiger partial charge in [-0.05, 0) is 42.8 Å². The van der Waals surface area contributed by atoms with Crippen LogP contribution in [0.1, 0.15) is 19.4 Å². The second-order valence-corrected chi connectivity index (χ2v) is 8.72. The summed E-state index contributed by atoms with van der Waals surface area (Å²) >= 11 is 6.37. The van der Waals surface area contributed by atoms with Crippen molar-refractivity contribution < 1.29 is 19.0 Å². The van der Waals surface area contributed by atoms with Crippen molar-refractivity contribution >= 4 is 28.4 Å². The molecule has 1 atom stereocenters. The maximum atomic E-state index is 11.9. The van der Waals surface area contributed by atoms with E-state index < -0.39 is 0 Å². The van der Waals surface area contributed by atoms with Gasteiger partial charge in [0.25, 0.3) is 0 Å². The lowest BCUT2D eigenvalue weighted by Crippen LogP contribution is -2.26. The quantitative estimate of drug-likeness (QED) is 0.361. The third-order valence-corrected chi connectivity index (χ3v) is 6.63. The minimum atomic E-state index is 0.0595. The van der Waals surface area contributed by atoms with Crippen molar-refractivity contribution in [3.05, 3.63) is 59.9 Å². The van der Waals surface area contributed by atoms with Crippen LogP contribution in [-0.2, 0) is 4.79 Å². The van der Waals surface area contributed by atoms with Crippen molar-refractivity contribution in [2.75, 3.05) is 27.3 Å². The first-order valence-corrected chi connectivity index (χ1v) is 11.6. The number of fused-ring (bicyclic) bond motifs is 1. The molecule has 2 aromatic carbocycles. The van der Waals surface area contributed by atoms with Gasteiger partial charge in [-0.15, -0.1) is 0 Å². The molecule has 35 heavy (non-hydrogen) atoms. The zero-order valence-electron chi connectivity index (χ0n) is 19.7. The highest BCUT2D eigenvalue weighted by Gasteiger charge is 2.29. The Hall–Kier alpha value is -3.78. The number of amides is 1. The molecule has 0 saturated carbocycles. The summed E-state index contributed by atoms with van der Waals surface area (Å²) < 4.78 is 18.8. The van der Waals surface area contributed by atoms with Gasteiger partial charge in [0, 0.05) is 31.8 Å². The van der Waals surface area contributed by atoms with Gasteiger partial charge in [-0.25, -0.2) is 0 Å². The molecule has 4 aromatic rings. The van der Waals surface area contributed by atoms with Crippen LogP contribution in [0.4, 0.5) is 0 Å². The Balaban J connectivity index is 1.50. The number of hydrogen-bond donors (Lipinski definition) is 0. The molecule has 180 valence electrons. The smallest absolute Gasteiger partial charge is 0.219 e. The van der Waals surface area contributed by atoms with E-state index in [9.17, 15) is 4.79 Å². The summed E-state index contributed by atoms with van der Waals surface area (Å²) in [7, 11) is 3.19. The van der Waals surface area contributed by atoms with E-state index >= 15 is 0 Å². The Morgan fingerprint density at radius 2 is 1.77 bits per heavy atom. The zero-order valence-corrected chi connectivity index (χ0v) is 20.5. The van der Waals surface area contributed by atoms with Gasteiger partial charge in [0.1, 0.15) is 33.5 Å². The number of aromatic nitrogens is 3. The third-order valence-electron chi connectivity index (χ3n) is 6.25. The summed E-state index contributed by atoms with van der Waals surface area (Å²) in [4.78, 5) is 18.1. The minimum Gasteiger partial charge on any atom is -0.495 e. The predicted octanol–water partition coefficient (Wildman–Crippen LogP) is 5.35. The molecular formula is C26H25ClN4O4. The molecule has 0 aliphatic carbocycles. The molecule has 1 aliphatic heterocycles. The van der Waals surface area contributed by atoms with Crippen molar-refractivity contribution in [1.82, 2.24) is 19.7 Å². The van der Waals surface area contributed by atoms with E-state index in [4.69, 9.17) is 30.9 Å². The van der Waals surface area contributed by atoms with E-state index in [1.807, 2.05) is 39.9 Å². The number of carbonyl (C=O) groups excluding carboxylic acids is 1. The number of nitrogens with zero attached hydrogens (tertiary/aromatic N) is 4. The van der Waals surface area contributed by atoms with Crippen molar-refractivity contribution in [1.29, 1.82) is 0 Å². The van der Waals surface area contributed by atoms with Gasteiger partial charge >= 0.3 is 0 Å². The third kappa shape index (κ3) is 4.25. The largest absolute Gasteiger partial charge is 0.495 e. The zero-order chi connectivity index (χ0) is 24.5. The van der Waals surface area contributed by atoms with Crippen LogP contribution in [0.3, 0.4) is 0 Å². The highest BCUT2D eigenvalue weighted by atomic mass is 35.5. The van der Waals surface area contributed by atoms with Crippen LogP contribution < -0.4 is 14.2 Å². The molecule has 1 amide bonds. The van der Waals surface area contributed by atoms with Crippen LogP contribution in [0.5, 0.6) is 23.0 Å². The fourth-order valence-corrected chi connectivity index (χ4v) is 4.69. The lowest BCUT2D eigenvalue weighted by molar-refractivity contribution is -0.127. The number of rotatable bonds is 6. The molecule has 8 nitrogen and oxygen atoms in total. The van der Waals surface area contributed by atoms with Gasteiger partial charge in [0.2, 0.25) is 5.91 Å². The number of pyridine rings is 1. The van der Waals surface area contributed by atoms with E-state index in [1.54, 1.807) is 45.7 Å². The Morgan fingerprint density at radius 1 is 1.03 bits per heavy atom. The number of benzene rings is 2. The van der Waals surface area contributed by atoms with Gasteiger partial charge < -0.3 is 19.1 Å². The highest BCUT2D eigenvalue weighted by molar-refractivity contribution is 6.33. The van der Waals surface area contributed by atoms with Crippen LogP contribution in [0.2, 0.25) is 5.02 Å². The first kappa shape index (κ1) is 23.0. The van der Waals surface area contributed by atoms with Crippen LogP contribution in [0.25, 0.3) is 22.2 Å². The van der Waals surface area contributed by atoms with E-state index in [0.29, 0.717) is 41.1 Å². The first-order chi connectivity index (χ1) is 17.0. The minimum absolute atomic E-state index is 0.0595. The van der Waals surface area contributed by atoms with E-state index in [2.05, 4.69) is 4.98 Å². The number of ether oxygens (including phenoxy) is 3. The second-order valence-electron chi connectivity index (χ2n) is 8.34. The van der Waals surface area contributed by atoms with Gasteiger partial charge in [-0.1, -0.05) is 17.7 Å². The molecule has 1 saturated heterocycles. The van der Waals surface area contributed by atoms with Crippen molar-refractivity contribution in [2.45, 2.75) is 19.4 Å². The molecular weight excluding hydrogens is 468 g/mol. The van der Waals surface area contributed by atoms with Crippen molar-refractivity contribution in [3.8, 4) is 34.3 Å². The Bertz CT molecular complexity index is 1390. The fourth-order valence-electron chi connectivity index (χ4n) is 4.44. The second kappa shape index (κ2) is 9.46. The highest BCUT2D eigenvalue weighted by Crippen LogP contribution is 2.39. The molecule has 0 N–H and O–H groups in total. The number of likely N-dealkylation sites (tertiary alicyclic amines) is 1. The van der Waals surface area contributed by atoms with Crippen molar-refractivity contribution in [3.63, 3.8) is 0 Å². The fraction of sp³-hybridized carbons (Fsp3) is 0.269. The Labute approximate surface area is 208 Å². The van der Waals surface area contributed by atoms with E-state index in [-0.39, 0.29) is 11.9 Å². The molecule has 3 heterocycles. The summed E-state index contributed by atoms with van der Waals surface area (Å²) in [5.41, 5.74) is 2.57. The molecule has 0 unspecified atom stereocenters. The van der Waals surface area contributed by atoms with Gasteiger partial charge in [0.05, 0.1) is 31.8 Å². The van der Waals surface area contributed by atoms with Gasteiger partial charge in [-0.3, -0.25) is 14.5 Å². The standard InChI is InChI=1S/C26H25ClN4O4/c1-16(32)30-12-11-18(15-30)31-26-20(13-28-14-23(26)34-3)25(29-31)17-7-9-19(10-8-17)35-22-6-4-5-21(33-2)24(22)27/h4-10,13-14,18H,11-12,15H2,1-3H3/t18-/m1/s1. The van der Waals surface area contributed by atoms with Crippen LogP contribution in [0, 0.1) is 0 Å². The summed E-state index contributed by atoms with van der Waals surface area (Å²) in [5, 5.41) is 6.27. The Morgan fingerprint density at radius 3 is 2.46 bits per heavy atom. The summed E-state index contributed by atoms with van der Waals surface area (Å²) in [6.07, 6.45) is 4.32. The van der Waals surface area contributed by atoms with Gasteiger partial charge in [0.15, 0.2) is 5.75 Å². The van der Waals surface area contributed by atoms with Crippen molar-refractivity contribution in [2.24, 2.45) is 0 Å². The van der Waals surface area contributed by atoms with E-state index in [1.165, 1.54) is 0 Å². The molecule has 0 radical (unpaired) electrons. The molecule has 9 heteroatoms. The molecule has 1 fully saturated rings. The van der Waals surface area contributed by atoms with Crippen LogP contribution in [0.15, 0.2) is 54.9 Å². The lowest BCUT2D eigenvalue weighted by Gasteiger charge is -2.15. The SMILES string of the molecule is COc1cccc(Oc2ccc(-c3nn([C@@H]4CCN(C(C)=O)C4)c4c(OC)cncc34)cc2)c1Cl. The van der Waals surface area contributed by atoms with Crippen LogP contribution in [-0.4, -0.2) is 52.9 Å². The molecule has 5 rings (SSSR count). The monoisotopic (exact) mass is 492 g/mol. The molecule has 1 aliphatic rings. The lowest BCUT2D eigenvalue weighted by atomic mass is 10.1. The molecule has 0 spiro atoms. The molecule has 0 bridgehead atoms. The average molecular weight is 493 g/mol. The first-order valence-electron chi connectivity index (χ1n) is 11.3. The number of carbonyl (C=O) groups is 1. The summed E-state index contributed by atoms with van der Waals surface area (Å²) in [6, 6.07) is 13.1. The summed E-state index contributed by atoms with van der Waals surface area (Å²) in [6.45, 7) is 2.93.